The maximum absolute atomic E-state index is 12.3. The summed E-state index contributed by atoms with van der Waals surface area (Å²) in [5, 5.41) is 2.89. The van der Waals surface area contributed by atoms with E-state index in [9.17, 15) is 9.59 Å². The molecule has 0 atom stereocenters. The molecule has 1 aliphatic rings. The van der Waals surface area contributed by atoms with Crippen LogP contribution in [0.1, 0.15) is 37.0 Å². The largest absolute Gasteiger partial charge is 0.336 e. The van der Waals surface area contributed by atoms with E-state index in [1.165, 1.54) is 0 Å². The van der Waals surface area contributed by atoms with Crippen molar-refractivity contribution < 1.29 is 9.59 Å². The number of benzene rings is 1. The third-order valence-electron chi connectivity index (χ3n) is 3.62. The maximum atomic E-state index is 12.3. The van der Waals surface area contributed by atoms with Crippen molar-refractivity contribution in [2.45, 2.75) is 32.7 Å². The number of carbonyl (C=O) groups excluding carboxylic acids is 2. The summed E-state index contributed by atoms with van der Waals surface area (Å²) in [4.78, 5) is 26.0. The second-order valence-electron chi connectivity index (χ2n) is 5.60. The second-order valence-corrected chi connectivity index (χ2v) is 5.60. The molecule has 1 saturated heterocycles. The van der Waals surface area contributed by atoms with Crippen LogP contribution in [0.5, 0.6) is 0 Å². The van der Waals surface area contributed by atoms with E-state index in [-0.39, 0.29) is 23.8 Å². The van der Waals surface area contributed by atoms with E-state index < -0.39 is 0 Å². The van der Waals surface area contributed by atoms with E-state index in [4.69, 9.17) is 0 Å². The number of carbonyl (C=O) groups is 2. The lowest BCUT2D eigenvalue weighted by atomic mass is 9.89. The number of amides is 2. The lowest BCUT2D eigenvalue weighted by Gasteiger charge is -2.32. The van der Waals surface area contributed by atoms with Crippen LogP contribution in [0.25, 0.3) is 0 Å². The quantitative estimate of drug-likeness (QED) is 0.862. The number of rotatable bonds is 3. The van der Waals surface area contributed by atoms with Crippen molar-refractivity contribution >= 4 is 11.8 Å². The highest BCUT2D eigenvalue weighted by molar-refractivity contribution is 5.97. The van der Waals surface area contributed by atoms with Crippen LogP contribution in [0.3, 0.4) is 0 Å². The van der Waals surface area contributed by atoms with Crippen LogP contribution in [0, 0.1) is 5.92 Å². The van der Waals surface area contributed by atoms with Crippen LogP contribution in [-0.2, 0) is 0 Å². The molecule has 4 heteroatoms. The standard InChI is InChI=1S/C16H22N2O2/c1-12(2)17-16(20)18-10-8-14(9-11-18)15(19)13-6-4-3-5-7-13/h3-7,12,14H,8-11H2,1-2H3,(H,17,20). The van der Waals surface area contributed by atoms with E-state index in [0.29, 0.717) is 13.1 Å². The van der Waals surface area contributed by atoms with Gasteiger partial charge in [0.05, 0.1) is 0 Å². The van der Waals surface area contributed by atoms with Gasteiger partial charge >= 0.3 is 6.03 Å². The Hall–Kier alpha value is -1.84. The Balaban J connectivity index is 1.88. The zero-order valence-corrected chi connectivity index (χ0v) is 12.1. The van der Waals surface area contributed by atoms with E-state index in [1.807, 2.05) is 44.2 Å². The van der Waals surface area contributed by atoms with Gasteiger partial charge in [0.2, 0.25) is 0 Å². The molecule has 1 fully saturated rings. The fourth-order valence-corrected chi connectivity index (χ4v) is 2.52. The molecule has 108 valence electrons. The molecule has 2 amide bonds. The van der Waals surface area contributed by atoms with Gasteiger partial charge in [0, 0.05) is 30.6 Å². The first-order valence-corrected chi connectivity index (χ1v) is 7.22. The zero-order valence-electron chi connectivity index (χ0n) is 12.1. The molecule has 0 unspecified atom stereocenters. The third kappa shape index (κ3) is 3.59. The highest BCUT2D eigenvalue weighted by Gasteiger charge is 2.27. The molecule has 1 N–H and O–H groups in total. The van der Waals surface area contributed by atoms with Crippen molar-refractivity contribution in [3.63, 3.8) is 0 Å². The molecule has 20 heavy (non-hydrogen) atoms. The van der Waals surface area contributed by atoms with Gasteiger partial charge in [-0.1, -0.05) is 30.3 Å². The Morgan fingerprint density at radius 3 is 2.30 bits per heavy atom. The van der Waals surface area contributed by atoms with Gasteiger partial charge in [-0.15, -0.1) is 0 Å². The molecule has 0 bridgehead atoms. The summed E-state index contributed by atoms with van der Waals surface area (Å²) in [5.41, 5.74) is 0.776. The molecule has 1 heterocycles. The van der Waals surface area contributed by atoms with Crippen LogP contribution in [0.2, 0.25) is 0 Å². The predicted molar refractivity (Wildman–Crippen MR) is 78.7 cm³/mol. The molecule has 4 nitrogen and oxygen atoms in total. The number of piperidine rings is 1. The average Bonchev–Trinajstić information content (AvgIpc) is 2.47. The maximum Gasteiger partial charge on any atom is 0.317 e. The van der Waals surface area contributed by atoms with E-state index in [2.05, 4.69) is 5.32 Å². The summed E-state index contributed by atoms with van der Waals surface area (Å²) < 4.78 is 0. The predicted octanol–water partition coefficient (Wildman–Crippen LogP) is 2.70. The summed E-state index contributed by atoms with van der Waals surface area (Å²) in [7, 11) is 0. The minimum Gasteiger partial charge on any atom is -0.336 e. The van der Waals surface area contributed by atoms with Crippen LogP contribution >= 0.6 is 0 Å². The first kappa shape index (κ1) is 14.6. The third-order valence-corrected chi connectivity index (χ3v) is 3.62. The molecule has 2 rings (SSSR count). The van der Waals surface area contributed by atoms with Gasteiger partial charge in [-0.3, -0.25) is 4.79 Å². The van der Waals surface area contributed by atoms with Crippen molar-refractivity contribution in [2.75, 3.05) is 13.1 Å². The molecule has 1 aromatic rings. The van der Waals surface area contributed by atoms with Gasteiger partial charge in [0.15, 0.2) is 5.78 Å². The lowest BCUT2D eigenvalue weighted by molar-refractivity contribution is 0.0853. The molecular weight excluding hydrogens is 252 g/mol. The van der Waals surface area contributed by atoms with Crippen molar-refractivity contribution in [3.05, 3.63) is 35.9 Å². The highest BCUT2D eigenvalue weighted by Crippen LogP contribution is 2.21. The molecular formula is C16H22N2O2. The number of Topliss-reactive ketones (excluding diaryl/α,β-unsaturated/α-hetero) is 1. The zero-order chi connectivity index (χ0) is 14.5. The van der Waals surface area contributed by atoms with E-state index >= 15 is 0 Å². The van der Waals surface area contributed by atoms with Crippen LogP contribution in [0.15, 0.2) is 30.3 Å². The summed E-state index contributed by atoms with van der Waals surface area (Å²) in [6, 6.07) is 9.53. The Kier molecular flexibility index (Phi) is 4.77. The Bertz CT molecular complexity index is 463. The summed E-state index contributed by atoms with van der Waals surface area (Å²) in [6.45, 7) is 5.21. The Morgan fingerprint density at radius 1 is 1.15 bits per heavy atom. The molecule has 0 radical (unpaired) electrons. The number of nitrogens with one attached hydrogen (secondary N) is 1. The summed E-state index contributed by atoms with van der Waals surface area (Å²) in [6.07, 6.45) is 1.50. The molecule has 0 spiro atoms. The second kappa shape index (κ2) is 6.55. The number of likely N-dealkylation sites (tertiary alicyclic amines) is 1. The number of ketones is 1. The lowest BCUT2D eigenvalue weighted by Crippen LogP contribution is -2.47. The molecule has 1 aromatic carbocycles. The number of urea groups is 1. The molecule has 1 aliphatic heterocycles. The monoisotopic (exact) mass is 274 g/mol. The first-order chi connectivity index (χ1) is 9.58. The van der Waals surface area contributed by atoms with Gasteiger partial charge < -0.3 is 10.2 Å². The number of hydrogen-bond donors (Lipinski definition) is 1. The Morgan fingerprint density at radius 2 is 1.75 bits per heavy atom. The van der Waals surface area contributed by atoms with Gasteiger partial charge in [-0.25, -0.2) is 4.79 Å². The average molecular weight is 274 g/mol. The van der Waals surface area contributed by atoms with E-state index in [1.54, 1.807) is 4.90 Å². The van der Waals surface area contributed by atoms with Crippen molar-refractivity contribution in [3.8, 4) is 0 Å². The minimum absolute atomic E-state index is 0.0226. The first-order valence-electron chi connectivity index (χ1n) is 7.22. The van der Waals surface area contributed by atoms with Gasteiger partial charge in [0.1, 0.15) is 0 Å². The summed E-state index contributed by atoms with van der Waals surface area (Å²) in [5.74, 6) is 0.245. The van der Waals surface area contributed by atoms with Crippen LogP contribution < -0.4 is 5.32 Å². The fourth-order valence-electron chi connectivity index (χ4n) is 2.52. The molecule has 0 aromatic heterocycles. The van der Waals surface area contributed by atoms with Gasteiger partial charge in [-0.2, -0.15) is 0 Å². The van der Waals surface area contributed by atoms with Crippen molar-refractivity contribution in [2.24, 2.45) is 5.92 Å². The van der Waals surface area contributed by atoms with Crippen molar-refractivity contribution in [1.29, 1.82) is 0 Å². The fraction of sp³-hybridized carbons (Fsp3) is 0.500. The normalized spacial score (nSPS) is 16.2. The van der Waals surface area contributed by atoms with Crippen molar-refractivity contribution in [1.82, 2.24) is 10.2 Å². The van der Waals surface area contributed by atoms with Crippen LogP contribution in [0.4, 0.5) is 4.79 Å². The Labute approximate surface area is 120 Å². The number of nitrogens with zero attached hydrogens (tertiary/aromatic N) is 1. The SMILES string of the molecule is CC(C)NC(=O)N1CCC(C(=O)c2ccccc2)CC1. The van der Waals surface area contributed by atoms with Crippen LogP contribution in [-0.4, -0.2) is 35.8 Å². The van der Waals surface area contributed by atoms with Gasteiger partial charge in [0.25, 0.3) is 0 Å². The molecule has 0 saturated carbocycles. The number of hydrogen-bond acceptors (Lipinski definition) is 2. The van der Waals surface area contributed by atoms with Gasteiger partial charge in [-0.05, 0) is 26.7 Å². The van der Waals surface area contributed by atoms with E-state index in [0.717, 1.165) is 18.4 Å². The highest BCUT2D eigenvalue weighted by atomic mass is 16.2. The topological polar surface area (TPSA) is 49.4 Å². The minimum atomic E-state index is -0.0226. The smallest absolute Gasteiger partial charge is 0.317 e. The molecule has 0 aliphatic carbocycles. The summed E-state index contributed by atoms with van der Waals surface area (Å²) >= 11 is 0.